The molecular weight excluding hydrogens is 300 g/mol. The molecule has 2 aromatic heterocycles. The standard InChI is InChI=1S/C19H18N4O/c1-14-2-4-17(5-3-14)23-19(24)22-13-15-6-11-21-18(12-15)16-7-9-20-10-8-16/h2-12H,13H2,1H3,(H2,22,23,24). The van der Waals surface area contributed by atoms with Crippen LogP contribution in [0, 0.1) is 6.92 Å². The van der Waals surface area contributed by atoms with Crippen LogP contribution in [0.5, 0.6) is 0 Å². The second kappa shape index (κ2) is 7.37. The van der Waals surface area contributed by atoms with Crippen LogP contribution < -0.4 is 10.6 Å². The van der Waals surface area contributed by atoms with Gasteiger partial charge in [0.05, 0.1) is 5.69 Å². The van der Waals surface area contributed by atoms with E-state index in [2.05, 4.69) is 20.6 Å². The minimum Gasteiger partial charge on any atom is -0.334 e. The first-order valence-electron chi connectivity index (χ1n) is 7.67. The van der Waals surface area contributed by atoms with E-state index in [0.717, 1.165) is 28.1 Å². The molecule has 0 aliphatic rings. The fourth-order valence-electron chi connectivity index (χ4n) is 2.26. The van der Waals surface area contributed by atoms with Crippen LogP contribution in [0.15, 0.2) is 67.1 Å². The van der Waals surface area contributed by atoms with Crippen molar-refractivity contribution in [3.05, 3.63) is 78.2 Å². The quantitative estimate of drug-likeness (QED) is 0.769. The van der Waals surface area contributed by atoms with Crippen LogP contribution in [0.4, 0.5) is 10.5 Å². The minimum absolute atomic E-state index is 0.235. The molecule has 0 bridgehead atoms. The van der Waals surface area contributed by atoms with Crippen LogP contribution in [0.3, 0.4) is 0 Å². The molecule has 0 spiro atoms. The lowest BCUT2D eigenvalue weighted by atomic mass is 10.1. The summed E-state index contributed by atoms with van der Waals surface area (Å²) >= 11 is 0. The number of urea groups is 1. The van der Waals surface area contributed by atoms with E-state index in [-0.39, 0.29) is 6.03 Å². The molecule has 0 aliphatic carbocycles. The number of rotatable bonds is 4. The summed E-state index contributed by atoms with van der Waals surface area (Å²) in [5, 5.41) is 5.66. The number of hydrogen-bond acceptors (Lipinski definition) is 3. The summed E-state index contributed by atoms with van der Waals surface area (Å²) in [7, 11) is 0. The Bertz CT molecular complexity index is 816. The highest BCUT2D eigenvalue weighted by molar-refractivity contribution is 5.89. The van der Waals surface area contributed by atoms with Crippen molar-refractivity contribution >= 4 is 11.7 Å². The maximum Gasteiger partial charge on any atom is 0.319 e. The third-order valence-electron chi connectivity index (χ3n) is 3.56. The number of anilines is 1. The summed E-state index contributed by atoms with van der Waals surface area (Å²) in [6, 6.07) is 15.1. The van der Waals surface area contributed by atoms with Gasteiger partial charge in [-0.2, -0.15) is 0 Å². The maximum absolute atomic E-state index is 12.0. The number of nitrogens with zero attached hydrogens (tertiary/aromatic N) is 2. The van der Waals surface area contributed by atoms with E-state index >= 15 is 0 Å². The maximum atomic E-state index is 12.0. The molecule has 0 saturated carbocycles. The summed E-state index contributed by atoms with van der Waals surface area (Å²) in [5.41, 5.74) is 4.76. The molecule has 2 N–H and O–H groups in total. The molecule has 120 valence electrons. The normalized spacial score (nSPS) is 10.2. The van der Waals surface area contributed by atoms with E-state index in [9.17, 15) is 4.79 Å². The largest absolute Gasteiger partial charge is 0.334 e. The molecule has 5 nitrogen and oxygen atoms in total. The van der Waals surface area contributed by atoms with E-state index in [1.165, 1.54) is 0 Å². The number of nitrogens with one attached hydrogen (secondary N) is 2. The van der Waals surface area contributed by atoms with E-state index in [4.69, 9.17) is 0 Å². The Morgan fingerprint density at radius 3 is 2.50 bits per heavy atom. The predicted molar refractivity (Wildman–Crippen MR) is 94.5 cm³/mol. The SMILES string of the molecule is Cc1ccc(NC(=O)NCc2ccnc(-c3ccncc3)c2)cc1. The third kappa shape index (κ3) is 4.16. The molecule has 3 aromatic rings. The molecular formula is C19H18N4O. The summed E-state index contributed by atoms with van der Waals surface area (Å²) in [6.45, 7) is 2.44. The fourth-order valence-corrected chi connectivity index (χ4v) is 2.26. The third-order valence-corrected chi connectivity index (χ3v) is 3.56. The Morgan fingerprint density at radius 2 is 1.75 bits per heavy atom. The van der Waals surface area contributed by atoms with Gasteiger partial charge >= 0.3 is 6.03 Å². The Hall–Kier alpha value is -3.21. The summed E-state index contributed by atoms with van der Waals surface area (Å²) in [6.07, 6.45) is 5.21. The van der Waals surface area contributed by atoms with Crippen molar-refractivity contribution in [3.63, 3.8) is 0 Å². The topological polar surface area (TPSA) is 66.9 Å². The minimum atomic E-state index is -0.235. The number of aryl methyl sites for hydroxylation is 1. The van der Waals surface area contributed by atoms with E-state index < -0.39 is 0 Å². The number of pyridine rings is 2. The molecule has 0 fully saturated rings. The number of amides is 2. The second-order valence-electron chi connectivity index (χ2n) is 5.46. The van der Waals surface area contributed by atoms with Crippen molar-refractivity contribution in [1.29, 1.82) is 0 Å². The monoisotopic (exact) mass is 318 g/mol. The highest BCUT2D eigenvalue weighted by Gasteiger charge is 2.04. The lowest BCUT2D eigenvalue weighted by Gasteiger charge is -2.09. The van der Waals surface area contributed by atoms with Gasteiger partial charge in [0, 0.05) is 36.4 Å². The zero-order valence-corrected chi connectivity index (χ0v) is 13.4. The first-order chi connectivity index (χ1) is 11.7. The van der Waals surface area contributed by atoms with Crippen LogP contribution in [-0.4, -0.2) is 16.0 Å². The van der Waals surface area contributed by atoms with E-state index in [0.29, 0.717) is 6.54 Å². The summed E-state index contributed by atoms with van der Waals surface area (Å²) in [4.78, 5) is 20.3. The molecule has 5 heteroatoms. The van der Waals surface area contributed by atoms with Gasteiger partial charge in [-0.1, -0.05) is 17.7 Å². The van der Waals surface area contributed by atoms with Crippen molar-refractivity contribution in [2.75, 3.05) is 5.32 Å². The van der Waals surface area contributed by atoms with Crippen molar-refractivity contribution < 1.29 is 4.79 Å². The average Bonchev–Trinajstić information content (AvgIpc) is 2.63. The van der Waals surface area contributed by atoms with Crippen LogP contribution in [0.2, 0.25) is 0 Å². The van der Waals surface area contributed by atoms with Crippen molar-refractivity contribution in [2.24, 2.45) is 0 Å². The number of hydrogen-bond donors (Lipinski definition) is 2. The number of carbonyl (C=O) groups excluding carboxylic acids is 1. The molecule has 0 unspecified atom stereocenters. The molecule has 3 rings (SSSR count). The number of carbonyl (C=O) groups is 1. The fraction of sp³-hybridized carbons (Fsp3) is 0.105. The van der Waals surface area contributed by atoms with Gasteiger partial charge in [-0.25, -0.2) is 4.79 Å². The van der Waals surface area contributed by atoms with Gasteiger partial charge in [0.25, 0.3) is 0 Å². The molecule has 2 heterocycles. The van der Waals surface area contributed by atoms with Crippen LogP contribution in [0.1, 0.15) is 11.1 Å². The first-order valence-corrected chi connectivity index (χ1v) is 7.67. The second-order valence-corrected chi connectivity index (χ2v) is 5.46. The molecule has 0 radical (unpaired) electrons. The Balaban J connectivity index is 1.60. The van der Waals surface area contributed by atoms with Crippen molar-refractivity contribution in [1.82, 2.24) is 15.3 Å². The highest BCUT2D eigenvalue weighted by atomic mass is 16.2. The first kappa shape index (κ1) is 15.7. The molecule has 0 aliphatic heterocycles. The van der Waals surface area contributed by atoms with Crippen LogP contribution in [-0.2, 0) is 6.54 Å². The molecule has 24 heavy (non-hydrogen) atoms. The summed E-state index contributed by atoms with van der Waals surface area (Å²) in [5.74, 6) is 0. The molecule has 0 saturated heterocycles. The van der Waals surface area contributed by atoms with Gasteiger partial charge in [-0.15, -0.1) is 0 Å². The van der Waals surface area contributed by atoms with Gasteiger partial charge in [0.1, 0.15) is 0 Å². The van der Waals surface area contributed by atoms with E-state index in [1.807, 2.05) is 55.5 Å². The highest BCUT2D eigenvalue weighted by Crippen LogP contribution is 2.16. The molecule has 1 aromatic carbocycles. The Kier molecular flexibility index (Phi) is 4.81. The lowest BCUT2D eigenvalue weighted by Crippen LogP contribution is -2.28. The number of aromatic nitrogens is 2. The van der Waals surface area contributed by atoms with Crippen molar-refractivity contribution in [2.45, 2.75) is 13.5 Å². The van der Waals surface area contributed by atoms with Crippen LogP contribution in [0.25, 0.3) is 11.3 Å². The van der Waals surface area contributed by atoms with E-state index in [1.54, 1.807) is 18.6 Å². The number of benzene rings is 1. The van der Waals surface area contributed by atoms with Gasteiger partial charge in [0.2, 0.25) is 0 Å². The Labute approximate surface area is 140 Å². The average molecular weight is 318 g/mol. The zero-order chi connectivity index (χ0) is 16.8. The molecule has 2 amide bonds. The zero-order valence-electron chi connectivity index (χ0n) is 13.4. The Morgan fingerprint density at radius 1 is 1.00 bits per heavy atom. The van der Waals surface area contributed by atoms with Crippen LogP contribution >= 0.6 is 0 Å². The lowest BCUT2D eigenvalue weighted by molar-refractivity contribution is 0.251. The van der Waals surface area contributed by atoms with Gasteiger partial charge < -0.3 is 10.6 Å². The van der Waals surface area contributed by atoms with Gasteiger partial charge in [0.15, 0.2) is 0 Å². The smallest absolute Gasteiger partial charge is 0.319 e. The predicted octanol–water partition coefficient (Wildman–Crippen LogP) is 3.77. The van der Waals surface area contributed by atoms with Gasteiger partial charge in [-0.05, 0) is 48.9 Å². The van der Waals surface area contributed by atoms with Crippen molar-refractivity contribution in [3.8, 4) is 11.3 Å². The molecule has 0 atom stereocenters. The van der Waals surface area contributed by atoms with Gasteiger partial charge in [-0.3, -0.25) is 9.97 Å². The summed E-state index contributed by atoms with van der Waals surface area (Å²) < 4.78 is 0.